The normalized spacial score (nSPS) is 12.4. The lowest BCUT2D eigenvalue weighted by molar-refractivity contribution is 0.562. The van der Waals surface area contributed by atoms with Gasteiger partial charge >= 0.3 is 0 Å². The second-order valence-corrected chi connectivity index (χ2v) is 5.04. The van der Waals surface area contributed by atoms with Gasteiger partial charge in [0, 0.05) is 18.8 Å². The van der Waals surface area contributed by atoms with Crippen molar-refractivity contribution in [3.05, 3.63) is 78.1 Å². The van der Waals surface area contributed by atoms with Gasteiger partial charge < -0.3 is 5.32 Å². The molecule has 0 spiro atoms. The van der Waals surface area contributed by atoms with Crippen molar-refractivity contribution in [1.82, 2.24) is 10.3 Å². The minimum atomic E-state index is 0.252. The van der Waals surface area contributed by atoms with Crippen molar-refractivity contribution in [2.75, 3.05) is 0 Å². The lowest BCUT2D eigenvalue weighted by Crippen LogP contribution is -2.18. The molecule has 2 heteroatoms. The molecule has 1 unspecified atom stereocenters. The maximum absolute atomic E-state index is 4.38. The van der Waals surface area contributed by atoms with Gasteiger partial charge in [-0.25, -0.2) is 0 Å². The number of aromatic nitrogens is 1. The summed E-state index contributed by atoms with van der Waals surface area (Å²) in [6.45, 7) is 2.99. The van der Waals surface area contributed by atoms with Crippen molar-refractivity contribution in [3.8, 4) is 0 Å². The van der Waals surface area contributed by atoms with Gasteiger partial charge in [-0.3, -0.25) is 4.98 Å². The van der Waals surface area contributed by atoms with Crippen LogP contribution in [0, 0.1) is 0 Å². The van der Waals surface area contributed by atoms with Crippen LogP contribution in [0.1, 0.15) is 24.2 Å². The Labute approximate surface area is 119 Å². The minimum absolute atomic E-state index is 0.252. The van der Waals surface area contributed by atoms with E-state index < -0.39 is 0 Å². The van der Waals surface area contributed by atoms with Gasteiger partial charge in [0.25, 0.3) is 0 Å². The Morgan fingerprint density at radius 3 is 2.55 bits per heavy atom. The van der Waals surface area contributed by atoms with Crippen LogP contribution in [0.2, 0.25) is 0 Å². The topological polar surface area (TPSA) is 24.9 Å². The number of hydrogen-bond donors (Lipinski definition) is 1. The van der Waals surface area contributed by atoms with E-state index in [-0.39, 0.29) is 6.04 Å². The summed E-state index contributed by atoms with van der Waals surface area (Å²) in [6, 6.07) is 21.3. The lowest BCUT2D eigenvalue weighted by Gasteiger charge is -2.13. The van der Waals surface area contributed by atoms with Crippen molar-refractivity contribution in [2.24, 2.45) is 0 Å². The molecule has 0 aliphatic heterocycles. The molecule has 3 aromatic rings. The van der Waals surface area contributed by atoms with Crippen LogP contribution >= 0.6 is 0 Å². The smallest absolute Gasteiger partial charge is 0.0570 e. The molecule has 1 N–H and O–H groups in total. The molecule has 0 amide bonds. The first-order valence-corrected chi connectivity index (χ1v) is 6.95. The van der Waals surface area contributed by atoms with Gasteiger partial charge in [-0.1, -0.05) is 42.5 Å². The van der Waals surface area contributed by atoms with Crippen LogP contribution in [0.3, 0.4) is 0 Å². The summed E-state index contributed by atoms with van der Waals surface area (Å²) in [5.41, 5.74) is 2.37. The van der Waals surface area contributed by atoms with E-state index in [1.807, 2.05) is 18.3 Å². The molecule has 1 aromatic heterocycles. The third kappa shape index (κ3) is 2.86. The number of pyridine rings is 1. The molecule has 0 bridgehead atoms. The predicted molar refractivity (Wildman–Crippen MR) is 83.4 cm³/mol. The SMILES string of the molecule is CC(NCc1ccc2ccccc2c1)c1ccccn1. The summed E-state index contributed by atoms with van der Waals surface area (Å²) < 4.78 is 0. The molecule has 0 aliphatic rings. The monoisotopic (exact) mass is 262 g/mol. The summed E-state index contributed by atoms with van der Waals surface area (Å²) in [6.07, 6.45) is 1.84. The van der Waals surface area contributed by atoms with E-state index in [0.29, 0.717) is 0 Å². The maximum Gasteiger partial charge on any atom is 0.0570 e. The zero-order chi connectivity index (χ0) is 13.8. The second-order valence-electron chi connectivity index (χ2n) is 5.04. The first kappa shape index (κ1) is 12.8. The fourth-order valence-corrected chi connectivity index (χ4v) is 2.36. The Morgan fingerprint density at radius 1 is 0.950 bits per heavy atom. The first-order valence-electron chi connectivity index (χ1n) is 6.95. The summed E-state index contributed by atoms with van der Waals surface area (Å²) in [7, 11) is 0. The highest BCUT2D eigenvalue weighted by Gasteiger charge is 2.05. The highest BCUT2D eigenvalue weighted by Crippen LogP contribution is 2.16. The zero-order valence-electron chi connectivity index (χ0n) is 11.6. The largest absolute Gasteiger partial charge is 0.305 e. The molecule has 100 valence electrons. The van der Waals surface area contributed by atoms with Crippen molar-refractivity contribution < 1.29 is 0 Å². The molecule has 0 fully saturated rings. The van der Waals surface area contributed by atoms with Gasteiger partial charge in [-0.2, -0.15) is 0 Å². The number of rotatable bonds is 4. The molecular weight excluding hydrogens is 244 g/mol. The first-order chi connectivity index (χ1) is 9.83. The van der Waals surface area contributed by atoms with Crippen molar-refractivity contribution in [3.63, 3.8) is 0 Å². The summed E-state index contributed by atoms with van der Waals surface area (Å²) in [5.74, 6) is 0. The van der Waals surface area contributed by atoms with Crippen LogP contribution in [0.15, 0.2) is 66.9 Å². The van der Waals surface area contributed by atoms with E-state index in [1.54, 1.807) is 0 Å². The summed E-state index contributed by atoms with van der Waals surface area (Å²) >= 11 is 0. The van der Waals surface area contributed by atoms with Gasteiger partial charge in [-0.15, -0.1) is 0 Å². The highest BCUT2D eigenvalue weighted by atomic mass is 14.9. The summed E-state index contributed by atoms with van der Waals surface area (Å²) in [5, 5.41) is 6.09. The van der Waals surface area contributed by atoms with E-state index in [4.69, 9.17) is 0 Å². The van der Waals surface area contributed by atoms with E-state index in [2.05, 4.69) is 65.8 Å². The fourth-order valence-electron chi connectivity index (χ4n) is 2.36. The van der Waals surface area contributed by atoms with Crippen LogP contribution in [-0.2, 0) is 6.54 Å². The molecule has 2 nitrogen and oxygen atoms in total. The van der Waals surface area contributed by atoms with Gasteiger partial charge in [0.15, 0.2) is 0 Å². The molecule has 0 saturated carbocycles. The fraction of sp³-hybridized carbons (Fsp3) is 0.167. The lowest BCUT2D eigenvalue weighted by atomic mass is 10.1. The number of nitrogens with zero attached hydrogens (tertiary/aromatic N) is 1. The quantitative estimate of drug-likeness (QED) is 0.766. The second kappa shape index (κ2) is 5.85. The standard InChI is InChI=1S/C18H18N2/c1-14(18-8-4-5-11-19-18)20-13-15-9-10-16-6-2-3-7-17(16)12-15/h2-12,14,20H,13H2,1H3. The van der Waals surface area contributed by atoms with Gasteiger partial charge in [0.2, 0.25) is 0 Å². The van der Waals surface area contributed by atoms with Crippen LogP contribution in [-0.4, -0.2) is 4.98 Å². The van der Waals surface area contributed by atoms with E-state index in [0.717, 1.165) is 12.2 Å². The summed E-state index contributed by atoms with van der Waals surface area (Å²) in [4.78, 5) is 4.38. The molecule has 1 heterocycles. The molecule has 1 atom stereocenters. The number of nitrogens with one attached hydrogen (secondary N) is 1. The van der Waals surface area contributed by atoms with Crippen LogP contribution in [0.4, 0.5) is 0 Å². The van der Waals surface area contributed by atoms with Crippen molar-refractivity contribution >= 4 is 10.8 Å². The van der Waals surface area contributed by atoms with Gasteiger partial charge in [0.1, 0.15) is 0 Å². The Kier molecular flexibility index (Phi) is 3.75. The zero-order valence-corrected chi connectivity index (χ0v) is 11.6. The Morgan fingerprint density at radius 2 is 1.75 bits per heavy atom. The molecule has 3 rings (SSSR count). The van der Waals surface area contributed by atoms with Crippen molar-refractivity contribution in [1.29, 1.82) is 0 Å². The molecule has 0 radical (unpaired) electrons. The van der Waals surface area contributed by atoms with E-state index in [1.165, 1.54) is 16.3 Å². The number of benzene rings is 2. The van der Waals surface area contributed by atoms with Gasteiger partial charge in [-0.05, 0) is 41.5 Å². The molecule has 0 saturated heterocycles. The van der Waals surface area contributed by atoms with E-state index in [9.17, 15) is 0 Å². The Bertz CT molecular complexity index is 692. The predicted octanol–water partition coefficient (Wildman–Crippen LogP) is 4.09. The average Bonchev–Trinajstić information content (AvgIpc) is 2.53. The molecule has 2 aromatic carbocycles. The minimum Gasteiger partial charge on any atom is -0.305 e. The molecule has 0 aliphatic carbocycles. The maximum atomic E-state index is 4.38. The molecular formula is C18H18N2. The van der Waals surface area contributed by atoms with Gasteiger partial charge in [0.05, 0.1) is 5.69 Å². The number of hydrogen-bond acceptors (Lipinski definition) is 2. The van der Waals surface area contributed by atoms with E-state index >= 15 is 0 Å². The third-order valence-electron chi connectivity index (χ3n) is 3.56. The third-order valence-corrected chi connectivity index (χ3v) is 3.56. The number of fused-ring (bicyclic) bond motifs is 1. The van der Waals surface area contributed by atoms with Crippen LogP contribution in [0.5, 0.6) is 0 Å². The molecule has 20 heavy (non-hydrogen) atoms. The highest BCUT2D eigenvalue weighted by molar-refractivity contribution is 5.82. The average molecular weight is 262 g/mol. The van der Waals surface area contributed by atoms with Crippen LogP contribution < -0.4 is 5.32 Å². The Hall–Kier alpha value is -2.19. The Balaban J connectivity index is 1.70. The van der Waals surface area contributed by atoms with Crippen LogP contribution in [0.25, 0.3) is 10.8 Å². The van der Waals surface area contributed by atoms with Crippen molar-refractivity contribution in [2.45, 2.75) is 19.5 Å².